The lowest BCUT2D eigenvalue weighted by atomic mass is 9.94. The molecule has 0 atom stereocenters. The van der Waals surface area contributed by atoms with Gasteiger partial charge in [0, 0.05) is 22.5 Å². The number of nitrogens with two attached hydrogens (primary N) is 2. The number of hydrogen-bond acceptors (Lipinski definition) is 2. The summed E-state index contributed by atoms with van der Waals surface area (Å²) in [6, 6.07) is 32.8. The third-order valence-corrected chi connectivity index (χ3v) is 4.61. The van der Waals surface area contributed by atoms with E-state index in [1.54, 1.807) is 0 Å². The van der Waals surface area contributed by atoms with Gasteiger partial charge in [-0.3, -0.25) is 0 Å². The molecule has 0 aliphatic carbocycles. The van der Waals surface area contributed by atoms with Crippen molar-refractivity contribution in [2.45, 2.75) is 0 Å². The summed E-state index contributed by atoms with van der Waals surface area (Å²) in [6.45, 7) is 0. The minimum absolute atomic E-state index is 0.777. The van der Waals surface area contributed by atoms with Crippen LogP contribution in [0.2, 0.25) is 0 Å². The third kappa shape index (κ3) is 3.05. The van der Waals surface area contributed by atoms with Gasteiger partial charge >= 0.3 is 0 Å². The highest BCUT2D eigenvalue weighted by molar-refractivity contribution is 5.85. The van der Waals surface area contributed by atoms with E-state index in [1.165, 1.54) is 0 Å². The van der Waals surface area contributed by atoms with Crippen LogP contribution in [0.3, 0.4) is 0 Å². The van der Waals surface area contributed by atoms with Crippen molar-refractivity contribution < 1.29 is 0 Å². The number of nitrogen functional groups attached to an aromatic ring is 2. The number of hydrogen-bond donors (Lipinski definition) is 2. The smallest absolute Gasteiger partial charge is 0.0394 e. The lowest BCUT2D eigenvalue weighted by molar-refractivity contribution is 1.56. The molecular weight excluding hydrogens is 316 g/mol. The first-order valence-electron chi connectivity index (χ1n) is 8.62. The molecule has 0 bridgehead atoms. The van der Waals surface area contributed by atoms with Crippen LogP contribution in [0.25, 0.3) is 33.4 Å². The van der Waals surface area contributed by atoms with Gasteiger partial charge in [0.2, 0.25) is 0 Å². The van der Waals surface area contributed by atoms with Crippen LogP contribution in [-0.2, 0) is 0 Å². The normalized spacial score (nSPS) is 10.6. The van der Waals surface area contributed by atoms with Gasteiger partial charge in [-0.1, -0.05) is 72.8 Å². The molecule has 26 heavy (non-hydrogen) atoms. The molecule has 0 aliphatic rings. The fourth-order valence-corrected chi connectivity index (χ4v) is 3.21. The van der Waals surface area contributed by atoms with Crippen molar-refractivity contribution in [3.8, 4) is 33.4 Å². The van der Waals surface area contributed by atoms with Crippen molar-refractivity contribution in [3.05, 3.63) is 97.1 Å². The van der Waals surface area contributed by atoms with Gasteiger partial charge in [-0.2, -0.15) is 0 Å². The minimum Gasteiger partial charge on any atom is -0.398 e. The highest BCUT2D eigenvalue weighted by atomic mass is 14.6. The highest BCUT2D eigenvalue weighted by Crippen LogP contribution is 2.34. The Bertz CT molecular complexity index is 951. The lowest BCUT2D eigenvalue weighted by Crippen LogP contribution is -1.93. The molecule has 0 spiro atoms. The van der Waals surface area contributed by atoms with E-state index in [-0.39, 0.29) is 0 Å². The Morgan fingerprint density at radius 1 is 0.385 bits per heavy atom. The summed E-state index contributed by atoms with van der Waals surface area (Å²) in [7, 11) is 0. The largest absolute Gasteiger partial charge is 0.398 e. The molecule has 4 N–H and O–H groups in total. The van der Waals surface area contributed by atoms with Crippen LogP contribution >= 0.6 is 0 Å². The Labute approximate surface area is 153 Å². The molecule has 0 fully saturated rings. The molecule has 0 heterocycles. The molecule has 0 aromatic heterocycles. The zero-order chi connectivity index (χ0) is 17.9. The average Bonchev–Trinajstić information content (AvgIpc) is 2.70. The first-order chi connectivity index (χ1) is 12.7. The van der Waals surface area contributed by atoms with Crippen LogP contribution in [-0.4, -0.2) is 0 Å². The summed E-state index contributed by atoms with van der Waals surface area (Å²) < 4.78 is 0. The SMILES string of the molecule is Nc1ccc(-c2ccc(N)c(-c3ccccc3)c2)cc1-c1ccccc1. The molecule has 126 valence electrons. The second kappa shape index (κ2) is 6.77. The Balaban J connectivity index is 1.82. The first-order valence-corrected chi connectivity index (χ1v) is 8.62. The number of anilines is 2. The molecule has 0 amide bonds. The van der Waals surface area contributed by atoms with Crippen molar-refractivity contribution >= 4 is 11.4 Å². The Morgan fingerprint density at radius 2 is 0.769 bits per heavy atom. The quantitative estimate of drug-likeness (QED) is 0.461. The van der Waals surface area contributed by atoms with Gasteiger partial charge in [-0.25, -0.2) is 0 Å². The van der Waals surface area contributed by atoms with E-state index in [4.69, 9.17) is 11.5 Å². The zero-order valence-corrected chi connectivity index (χ0v) is 14.4. The van der Waals surface area contributed by atoms with Crippen LogP contribution in [0, 0.1) is 0 Å². The Kier molecular flexibility index (Phi) is 4.16. The zero-order valence-electron chi connectivity index (χ0n) is 14.4. The fraction of sp³-hybridized carbons (Fsp3) is 0. The molecule has 0 radical (unpaired) electrons. The Hall–Kier alpha value is -3.52. The molecule has 0 saturated heterocycles. The van der Waals surface area contributed by atoms with E-state index in [9.17, 15) is 0 Å². The summed E-state index contributed by atoms with van der Waals surface area (Å²) in [5.74, 6) is 0. The standard InChI is InChI=1S/C24H20N2/c25-23-13-11-19(15-21(23)17-7-3-1-4-8-17)20-12-14-24(26)22(16-20)18-9-5-2-6-10-18/h1-16H,25-26H2. The van der Waals surface area contributed by atoms with Gasteiger partial charge in [0.1, 0.15) is 0 Å². The highest BCUT2D eigenvalue weighted by Gasteiger charge is 2.08. The number of benzene rings is 4. The van der Waals surface area contributed by atoms with Crippen molar-refractivity contribution in [2.75, 3.05) is 11.5 Å². The molecule has 0 saturated carbocycles. The van der Waals surface area contributed by atoms with Crippen molar-refractivity contribution in [1.82, 2.24) is 0 Å². The molecule has 0 aliphatic heterocycles. The second-order valence-corrected chi connectivity index (χ2v) is 6.34. The van der Waals surface area contributed by atoms with Gasteiger partial charge < -0.3 is 11.5 Å². The van der Waals surface area contributed by atoms with Gasteiger partial charge in [0.05, 0.1) is 0 Å². The van der Waals surface area contributed by atoms with E-state index in [2.05, 4.69) is 48.5 Å². The summed E-state index contributed by atoms with van der Waals surface area (Å²) in [5, 5.41) is 0. The third-order valence-electron chi connectivity index (χ3n) is 4.61. The summed E-state index contributed by atoms with van der Waals surface area (Å²) in [4.78, 5) is 0. The van der Waals surface area contributed by atoms with Crippen molar-refractivity contribution in [1.29, 1.82) is 0 Å². The fourth-order valence-electron chi connectivity index (χ4n) is 3.21. The first kappa shape index (κ1) is 16.0. The van der Waals surface area contributed by atoms with Crippen molar-refractivity contribution in [2.24, 2.45) is 0 Å². The Morgan fingerprint density at radius 3 is 1.15 bits per heavy atom. The molecule has 0 unspecified atom stereocenters. The lowest BCUT2D eigenvalue weighted by Gasteiger charge is -2.12. The van der Waals surface area contributed by atoms with Gasteiger partial charge in [0.15, 0.2) is 0 Å². The van der Waals surface area contributed by atoms with E-state index < -0.39 is 0 Å². The maximum absolute atomic E-state index is 6.22. The van der Waals surface area contributed by atoms with Gasteiger partial charge in [0.25, 0.3) is 0 Å². The summed E-state index contributed by atoms with van der Waals surface area (Å²) >= 11 is 0. The molecule has 2 nitrogen and oxygen atoms in total. The predicted octanol–water partition coefficient (Wildman–Crippen LogP) is 5.85. The van der Waals surface area contributed by atoms with Gasteiger partial charge in [-0.05, 0) is 46.5 Å². The van der Waals surface area contributed by atoms with Crippen LogP contribution in [0.4, 0.5) is 11.4 Å². The maximum atomic E-state index is 6.22. The van der Waals surface area contributed by atoms with Crippen LogP contribution < -0.4 is 11.5 Å². The van der Waals surface area contributed by atoms with Crippen LogP contribution in [0.15, 0.2) is 97.1 Å². The van der Waals surface area contributed by atoms with Gasteiger partial charge in [-0.15, -0.1) is 0 Å². The van der Waals surface area contributed by atoms with E-state index in [0.717, 1.165) is 44.8 Å². The predicted molar refractivity (Wildman–Crippen MR) is 112 cm³/mol. The monoisotopic (exact) mass is 336 g/mol. The maximum Gasteiger partial charge on any atom is 0.0394 e. The minimum atomic E-state index is 0.777. The van der Waals surface area contributed by atoms with E-state index in [0.29, 0.717) is 0 Å². The molecule has 4 rings (SSSR count). The molecular formula is C24H20N2. The average molecular weight is 336 g/mol. The van der Waals surface area contributed by atoms with Crippen molar-refractivity contribution in [3.63, 3.8) is 0 Å². The topological polar surface area (TPSA) is 52.0 Å². The molecule has 2 heteroatoms. The van der Waals surface area contributed by atoms with Crippen LogP contribution in [0.1, 0.15) is 0 Å². The summed E-state index contributed by atoms with van der Waals surface area (Å²) in [6.07, 6.45) is 0. The van der Waals surface area contributed by atoms with E-state index >= 15 is 0 Å². The van der Waals surface area contributed by atoms with E-state index in [1.807, 2.05) is 48.5 Å². The number of rotatable bonds is 3. The molecule has 4 aromatic carbocycles. The van der Waals surface area contributed by atoms with Crippen LogP contribution in [0.5, 0.6) is 0 Å². The molecule has 4 aromatic rings. The second-order valence-electron chi connectivity index (χ2n) is 6.34. The summed E-state index contributed by atoms with van der Waals surface area (Å²) in [5.41, 5.74) is 20.6.